The van der Waals surface area contributed by atoms with Crippen molar-refractivity contribution in [1.29, 1.82) is 0 Å². The highest BCUT2D eigenvalue weighted by molar-refractivity contribution is 6.33. The molecule has 2 aliphatic rings. The highest BCUT2D eigenvalue weighted by atomic mass is 35.5. The lowest BCUT2D eigenvalue weighted by Gasteiger charge is -2.14. The summed E-state index contributed by atoms with van der Waals surface area (Å²) in [6.45, 7) is 4.56. The molecule has 0 fully saturated rings. The van der Waals surface area contributed by atoms with E-state index in [1.165, 1.54) is 0 Å². The fourth-order valence-corrected chi connectivity index (χ4v) is 3.30. The van der Waals surface area contributed by atoms with E-state index in [1.807, 2.05) is 13.8 Å². The summed E-state index contributed by atoms with van der Waals surface area (Å²) in [5.74, 6) is 6.91. The van der Waals surface area contributed by atoms with Gasteiger partial charge in [0, 0.05) is 36.0 Å². The maximum Gasteiger partial charge on any atom is 0.142 e. The van der Waals surface area contributed by atoms with Crippen LogP contribution in [0.25, 0.3) is 0 Å². The van der Waals surface area contributed by atoms with Crippen LogP contribution in [0, 0.1) is 0 Å². The van der Waals surface area contributed by atoms with Gasteiger partial charge in [0.15, 0.2) is 0 Å². The van der Waals surface area contributed by atoms with E-state index < -0.39 is 0 Å². The molecule has 0 aliphatic carbocycles. The maximum atomic E-state index is 6.48. The predicted molar refractivity (Wildman–Crippen MR) is 72.9 cm³/mol. The summed E-state index contributed by atoms with van der Waals surface area (Å²) in [7, 11) is 0. The van der Waals surface area contributed by atoms with E-state index in [0.29, 0.717) is 6.61 Å². The van der Waals surface area contributed by atoms with Crippen LogP contribution in [0.4, 0.5) is 0 Å². The van der Waals surface area contributed by atoms with E-state index in [-0.39, 0.29) is 12.2 Å². The van der Waals surface area contributed by atoms with Gasteiger partial charge in [-0.1, -0.05) is 11.6 Å². The van der Waals surface area contributed by atoms with Crippen molar-refractivity contribution in [2.24, 2.45) is 5.90 Å². The van der Waals surface area contributed by atoms with E-state index >= 15 is 0 Å². The molecule has 1 aromatic rings. The summed E-state index contributed by atoms with van der Waals surface area (Å²) < 4.78 is 11.8. The Hall–Kier alpha value is -0.970. The van der Waals surface area contributed by atoms with Crippen LogP contribution in [0.3, 0.4) is 0 Å². The molecule has 3 rings (SSSR count). The number of halogens is 1. The second-order valence-electron chi connectivity index (χ2n) is 5.29. The monoisotopic (exact) mass is 283 g/mol. The van der Waals surface area contributed by atoms with Crippen molar-refractivity contribution in [2.45, 2.75) is 45.3 Å². The van der Waals surface area contributed by atoms with Crippen molar-refractivity contribution in [3.05, 3.63) is 21.7 Å². The molecule has 4 nitrogen and oxygen atoms in total. The average molecular weight is 284 g/mol. The van der Waals surface area contributed by atoms with Crippen LogP contribution in [0.15, 0.2) is 0 Å². The lowest BCUT2D eigenvalue weighted by atomic mass is 9.96. The molecule has 0 bridgehead atoms. The Bertz CT molecular complexity index is 479. The Kier molecular flexibility index (Phi) is 3.33. The topological polar surface area (TPSA) is 53.7 Å². The Labute approximate surface area is 117 Å². The lowest BCUT2D eigenvalue weighted by Crippen LogP contribution is -2.09. The largest absolute Gasteiger partial charge is 0.490 e. The number of rotatable bonds is 3. The molecular formula is C14H18ClNO3. The molecule has 1 aromatic carbocycles. The van der Waals surface area contributed by atoms with E-state index in [4.69, 9.17) is 31.8 Å². The predicted octanol–water partition coefficient (Wildman–Crippen LogP) is 2.42. The molecule has 104 valence electrons. The van der Waals surface area contributed by atoms with Crippen molar-refractivity contribution in [3.8, 4) is 11.5 Å². The Morgan fingerprint density at radius 3 is 2.47 bits per heavy atom. The van der Waals surface area contributed by atoms with Gasteiger partial charge >= 0.3 is 0 Å². The highest BCUT2D eigenvalue weighted by Gasteiger charge is 2.34. The van der Waals surface area contributed by atoms with Crippen molar-refractivity contribution < 1.29 is 14.3 Å². The van der Waals surface area contributed by atoms with Crippen LogP contribution < -0.4 is 15.4 Å². The van der Waals surface area contributed by atoms with Gasteiger partial charge in [0.1, 0.15) is 23.7 Å². The number of fused-ring (bicyclic) bond motifs is 2. The summed E-state index contributed by atoms with van der Waals surface area (Å²) >= 11 is 6.48. The highest BCUT2D eigenvalue weighted by Crippen LogP contribution is 2.49. The first kappa shape index (κ1) is 13.0. The number of nitrogens with two attached hydrogens (primary N) is 1. The first-order valence-electron chi connectivity index (χ1n) is 6.62. The Morgan fingerprint density at radius 1 is 1.16 bits per heavy atom. The minimum atomic E-state index is 0.157. The van der Waals surface area contributed by atoms with Crippen molar-refractivity contribution in [1.82, 2.24) is 0 Å². The van der Waals surface area contributed by atoms with Crippen LogP contribution in [0.1, 0.15) is 30.5 Å². The quantitative estimate of drug-likeness (QED) is 0.866. The molecule has 0 saturated carbocycles. The van der Waals surface area contributed by atoms with Gasteiger partial charge in [-0.3, -0.25) is 0 Å². The zero-order valence-electron chi connectivity index (χ0n) is 11.2. The SMILES string of the molecule is CC1Cc2c(CCON)c3c(c(Cl)c2O1)CC(C)O3. The number of ether oxygens (including phenoxy) is 2. The van der Waals surface area contributed by atoms with Crippen molar-refractivity contribution >= 4 is 11.6 Å². The maximum absolute atomic E-state index is 6.48. The van der Waals surface area contributed by atoms with Crippen LogP contribution in [-0.4, -0.2) is 18.8 Å². The second-order valence-corrected chi connectivity index (χ2v) is 5.67. The van der Waals surface area contributed by atoms with Crippen LogP contribution in [-0.2, 0) is 24.1 Å². The first-order valence-corrected chi connectivity index (χ1v) is 7.00. The van der Waals surface area contributed by atoms with Crippen molar-refractivity contribution in [3.63, 3.8) is 0 Å². The average Bonchev–Trinajstić information content (AvgIpc) is 2.93. The summed E-state index contributed by atoms with van der Waals surface area (Å²) in [6.07, 6.45) is 2.73. The minimum absolute atomic E-state index is 0.157. The third kappa shape index (κ3) is 2.08. The first-order chi connectivity index (χ1) is 9.11. The zero-order chi connectivity index (χ0) is 13.6. The van der Waals surface area contributed by atoms with Gasteiger partial charge in [-0.15, -0.1) is 0 Å². The molecule has 0 radical (unpaired) electrons. The Balaban J connectivity index is 2.12. The normalized spacial score (nSPS) is 23.8. The molecule has 0 saturated heterocycles. The third-order valence-electron chi connectivity index (χ3n) is 3.74. The van der Waals surface area contributed by atoms with E-state index in [9.17, 15) is 0 Å². The number of hydrogen-bond donors (Lipinski definition) is 1. The smallest absolute Gasteiger partial charge is 0.142 e. The van der Waals surface area contributed by atoms with Gasteiger partial charge in [-0.25, -0.2) is 5.90 Å². The van der Waals surface area contributed by atoms with E-state index in [0.717, 1.165) is 52.5 Å². The molecule has 0 amide bonds. The summed E-state index contributed by atoms with van der Waals surface area (Å²) in [5, 5.41) is 0.719. The molecule has 0 spiro atoms. The molecular weight excluding hydrogens is 266 g/mol. The fourth-order valence-electron chi connectivity index (χ4n) is 2.97. The molecule has 0 aromatic heterocycles. The fraction of sp³-hybridized carbons (Fsp3) is 0.571. The van der Waals surface area contributed by atoms with Crippen LogP contribution in [0.2, 0.25) is 5.02 Å². The standard InChI is InChI=1S/C14H18ClNO3/c1-7-5-10-9(3-4-17-16)13-11(6-8(2)18-13)12(15)14(10)19-7/h7-8H,3-6,16H2,1-2H3. The minimum Gasteiger partial charge on any atom is -0.490 e. The molecule has 2 N–H and O–H groups in total. The summed E-state index contributed by atoms with van der Waals surface area (Å²) in [5.41, 5.74) is 3.37. The zero-order valence-corrected chi connectivity index (χ0v) is 11.9. The third-order valence-corrected chi connectivity index (χ3v) is 4.14. The molecule has 2 aliphatic heterocycles. The molecule has 2 unspecified atom stereocenters. The van der Waals surface area contributed by atoms with Crippen molar-refractivity contribution in [2.75, 3.05) is 6.61 Å². The number of benzene rings is 1. The van der Waals surface area contributed by atoms with E-state index in [2.05, 4.69) is 0 Å². The van der Waals surface area contributed by atoms with Crippen LogP contribution >= 0.6 is 11.6 Å². The van der Waals surface area contributed by atoms with Gasteiger partial charge in [0.2, 0.25) is 0 Å². The number of hydrogen-bond acceptors (Lipinski definition) is 4. The lowest BCUT2D eigenvalue weighted by molar-refractivity contribution is 0.140. The van der Waals surface area contributed by atoms with Gasteiger partial charge in [0.05, 0.1) is 11.6 Å². The van der Waals surface area contributed by atoms with Gasteiger partial charge in [-0.2, -0.15) is 0 Å². The van der Waals surface area contributed by atoms with Gasteiger partial charge in [0.25, 0.3) is 0 Å². The molecule has 2 heterocycles. The molecule has 2 atom stereocenters. The molecule has 5 heteroatoms. The van der Waals surface area contributed by atoms with Gasteiger partial charge < -0.3 is 14.3 Å². The Morgan fingerprint density at radius 2 is 1.79 bits per heavy atom. The van der Waals surface area contributed by atoms with Gasteiger partial charge in [-0.05, 0) is 13.8 Å². The van der Waals surface area contributed by atoms with Crippen LogP contribution in [0.5, 0.6) is 11.5 Å². The van der Waals surface area contributed by atoms with E-state index in [1.54, 1.807) is 0 Å². The second kappa shape index (κ2) is 4.85. The summed E-state index contributed by atoms with van der Waals surface area (Å²) in [4.78, 5) is 4.72. The molecule has 19 heavy (non-hydrogen) atoms. The summed E-state index contributed by atoms with van der Waals surface area (Å²) in [6, 6.07) is 0.